The minimum absolute atomic E-state index is 0.0663. The average Bonchev–Trinajstić information content (AvgIpc) is 3.14. The number of hydrogen-bond donors (Lipinski definition) is 1. The van der Waals surface area contributed by atoms with Crippen molar-refractivity contribution in [3.05, 3.63) is 59.7 Å². The first-order valence-corrected chi connectivity index (χ1v) is 13.2. The van der Waals surface area contributed by atoms with Crippen molar-refractivity contribution in [1.29, 1.82) is 0 Å². The van der Waals surface area contributed by atoms with Gasteiger partial charge in [0.25, 0.3) is 0 Å². The zero-order chi connectivity index (χ0) is 21.9. The largest absolute Gasteiger partial charge is 0.497 e. The lowest BCUT2D eigenvalue weighted by atomic mass is 10.1. The predicted octanol–water partition coefficient (Wildman–Crippen LogP) is 3.35. The van der Waals surface area contributed by atoms with Crippen LogP contribution < -0.4 is 10.1 Å². The van der Waals surface area contributed by atoms with E-state index < -0.39 is 19.7 Å². The lowest BCUT2D eigenvalue weighted by Gasteiger charge is -2.08. The molecule has 0 aliphatic rings. The molecule has 0 fully saturated rings. The fraction of sp³-hybridized carbons (Fsp3) is 0.250. The highest BCUT2D eigenvalue weighted by molar-refractivity contribution is 7.93. The van der Waals surface area contributed by atoms with E-state index in [1.165, 1.54) is 12.1 Å². The average molecular weight is 467 g/mol. The Balaban J connectivity index is 1.89. The van der Waals surface area contributed by atoms with E-state index in [2.05, 4.69) is 10.3 Å². The third-order valence-electron chi connectivity index (χ3n) is 4.34. The van der Waals surface area contributed by atoms with Gasteiger partial charge in [-0.15, -0.1) is 0 Å². The third kappa shape index (κ3) is 5.00. The first-order chi connectivity index (χ1) is 14.1. The molecular weight excluding hydrogens is 444 g/mol. The molecule has 3 rings (SSSR count). The van der Waals surface area contributed by atoms with Crippen molar-refractivity contribution < 1.29 is 21.6 Å². The summed E-state index contributed by atoms with van der Waals surface area (Å²) in [7, 11) is -6.03. The first-order valence-electron chi connectivity index (χ1n) is 9.00. The maximum Gasteiger partial charge on any atom is 0.226 e. The minimum atomic E-state index is -3.97. The molecular formula is C20H22N2O5S3. The number of nitrogens with zero attached hydrogens (tertiary/aromatic N) is 1. The van der Waals surface area contributed by atoms with Crippen molar-refractivity contribution in [1.82, 2.24) is 4.98 Å². The van der Waals surface area contributed by atoms with Gasteiger partial charge in [-0.3, -0.25) is 0 Å². The van der Waals surface area contributed by atoms with Crippen molar-refractivity contribution in [2.45, 2.75) is 27.6 Å². The van der Waals surface area contributed by atoms with Gasteiger partial charge in [0.1, 0.15) is 10.8 Å². The zero-order valence-electron chi connectivity index (χ0n) is 16.7. The minimum Gasteiger partial charge on any atom is -0.497 e. The number of rotatable bonds is 8. The van der Waals surface area contributed by atoms with Gasteiger partial charge in [-0.25, -0.2) is 21.8 Å². The van der Waals surface area contributed by atoms with Crippen LogP contribution in [0.5, 0.6) is 5.75 Å². The molecule has 1 heterocycles. The van der Waals surface area contributed by atoms with Crippen molar-refractivity contribution in [2.24, 2.45) is 0 Å². The van der Waals surface area contributed by atoms with E-state index in [4.69, 9.17) is 4.74 Å². The number of aromatic nitrogens is 1. The topological polar surface area (TPSA) is 102 Å². The van der Waals surface area contributed by atoms with E-state index in [0.29, 0.717) is 13.0 Å². The van der Waals surface area contributed by atoms with Gasteiger partial charge in [-0.1, -0.05) is 41.2 Å². The molecule has 0 aliphatic heterocycles. The molecule has 1 aromatic heterocycles. The summed E-state index contributed by atoms with van der Waals surface area (Å²) in [5.74, 6) is 0.749. The summed E-state index contributed by atoms with van der Waals surface area (Å²) < 4.78 is 55.1. The quantitative estimate of drug-likeness (QED) is 0.543. The molecule has 0 atom stereocenters. The summed E-state index contributed by atoms with van der Waals surface area (Å²) in [6.45, 7) is 2.27. The molecule has 3 aromatic rings. The Morgan fingerprint density at radius 3 is 2.20 bits per heavy atom. The van der Waals surface area contributed by atoms with Gasteiger partial charge in [0.15, 0.2) is 5.03 Å². The Kier molecular flexibility index (Phi) is 6.49. The number of ether oxygens (including phenoxy) is 1. The third-order valence-corrected chi connectivity index (χ3v) is 8.86. The van der Waals surface area contributed by atoms with Gasteiger partial charge in [0, 0.05) is 12.8 Å². The molecule has 30 heavy (non-hydrogen) atoms. The summed E-state index contributed by atoms with van der Waals surface area (Å²) in [5, 5.41) is 2.99. The Bertz CT molecular complexity index is 1230. The van der Waals surface area contributed by atoms with Crippen LogP contribution >= 0.6 is 11.3 Å². The van der Waals surface area contributed by atoms with Crippen LogP contribution in [0.4, 0.5) is 5.00 Å². The number of benzene rings is 2. The number of sulfone groups is 2. The Hall–Kier alpha value is -2.43. The standard InChI is InChI=1S/C20H22N2O5S3/c1-14-4-10-17(11-5-14)30(25,26)19-18(28-20(22-19)29(3,23)24)21-13-12-15-6-8-16(27-2)9-7-15/h4-11,21H,12-13H2,1-3H3. The fourth-order valence-corrected chi connectivity index (χ4v) is 6.23. The molecule has 1 N–H and O–H groups in total. The molecule has 0 saturated carbocycles. The molecule has 0 aliphatic carbocycles. The number of anilines is 1. The maximum atomic E-state index is 13.1. The van der Waals surface area contributed by atoms with Gasteiger partial charge in [-0.2, -0.15) is 0 Å². The van der Waals surface area contributed by atoms with Crippen molar-refractivity contribution in [3.8, 4) is 5.75 Å². The lowest BCUT2D eigenvalue weighted by molar-refractivity contribution is 0.414. The highest BCUT2D eigenvalue weighted by atomic mass is 32.2. The first kappa shape index (κ1) is 22.3. The van der Waals surface area contributed by atoms with Gasteiger partial charge in [-0.05, 0) is 43.2 Å². The highest BCUT2D eigenvalue weighted by Gasteiger charge is 2.29. The molecule has 0 saturated heterocycles. The molecule has 0 spiro atoms. The zero-order valence-corrected chi connectivity index (χ0v) is 19.2. The molecule has 2 aromatic carbocycles. The summed E-state index contributed by atoms with van der Waals surface area (Å²) in [6, 6.07) is 13.9. The van der Waals surface area contributed by atoms with E-state index in [9.17, 15) is 16.8 Å². The van der Waals surface area contributed by atoms with Crippen molar-refractivity contribution in [2.75, 3.05) is 25.2 Å². The van der Waals surface area contributed by atoms with Gasteiger partial charge in [0.05, 0.1) is 12.0 Å². The van der Waals surface area contributed by atoms with Gasteiger partial charge < -0.3 is 10.1 Å². The number of methoxy groups -OCH3 is 1. The van der Waals surface area contributed by atoms with E-state index in [1.807, 2.05) is 31.2 Å². The maximum absolute atomic E-state index is 13.1. The summed E-state index contributed by atoms with van der Waals surface area (Å²) >= 11 is 0.823. The SMILES string of the molecule is COc1ccc(CCNc2sc(S(C)(=O)=O)nc2S(=O)(=O)c2ccc(C)cc2)cc1. The van der Waals surface area contributed by atoms with Crippen LogP contribution in [-0.2, 0) is 26.1 Å². The van der Waals surface area contributed by atoms with Crippen LogP contribution in [0.3, 0.4) is 0 Å². The molecule has 0 bridgehead atoms. The summed E-state index contributed by atoms with van der Waals surface area (Å²) in [6.07, 6.45) is 1.62. The molecule has 0 radical (unpaired) electrons. The lowest BCUT2D eigenvalue weighted by Crippen LogP contribution is -2.09. The molecule has 0 amide bonds. The van der Waals surface area contributed by atoms with Crippen LogP contribution in [0.15, 0.2) is 62.8 Å². The Labute approximate surface area is 180 Å². The van der Waals surface area contributed by atoms with Gasteiger partial charge in [0.2, 0.25) is 24.0 Å². The number of hydrogen-bond acceptors (Lipinski definition) is 8. The Morgan fingerprint density at radius 1 is 1.00 bits per heavy atom. The number of nitrogens with one attached hydrogen (secondary N) is 1. The van der Waals surface area contributed by atoms with E-state index in [-0.39, 0.29) is 19.3 Å². The smallest absolute Gasteiger partial charge is 0.226 e. The summed E-state index contributed by atoms with van der Waals surface area (Å²) in [4.78, 5) is 4.03. The predicted molar refractivity (Wildman–Crippen MR) is 117 cm³/mol. The number of aryl methyl sites for hydroxylation is 1. The van der Waals surface area contributed by atoms with Crippen LogP contribution in [0.25, 0.3) is 0 Å². The van der Waals surface area contributed by atoms with E-state index in [0.717, 1.165) is 34.5 Å². The van der Waals surface area contributed by atoms with Crippen molar-refractivity contribution in [3.63, 3.8) is 0 Å². The Morgan fingerprint density at radius 2 is 1.63 bits per heavy atom. The number of thiazole rings is 1. The highest BCUT2D eigenvalue weighted by Crippen LogP contribution is 2.34. The second kappa shape index (κ2) is 8.75. The monoisotopic (exact) mass is 466 g/mol. The molecule has 10 heteroatoms. The van der Waals surface area contributed by atoms with Crippen LogP contribution in [0.1, 0.15) is 11.1 Å². The fourth-order valence-electron chi connectivity index (χ4n) is 2.68. The normalized spacial score (nSPS) is 12.0. The summed E-state index contributed by atoms with van der Waals surface area (Å²) in [5.41, 5.74) is 1.95. The van der Waals surface area contributed by atoms with Crippen LogP contribution in [0.2, 0.25) is 0 Å². The second-order valence-electron chi connectivity index (χ2n) is 6.73. The van der Waals surface area contributed by atoms with Gasteiger partial charge >= 0.3 is 0 Å². The second-order valence-corrected chi connectivity index (χ2v) is 11.8. The molecule has 0 unspecified atom stereocenters. The van der Waals surface area contributed by atoms with Crippen LogP contribution in [0, 0.1) is 6.92 Å². The van der Waals surface area contributed by atoms with Crippen molar-refractivity contribution >= 4 is 36.0 Å². The van der Waals surface area contributed by atoms with E-state index in [1.54, 1.807) is 19.2 Å². The molecule has 7 nitrogen and oxygen atoms in total. The van der Waals surface area contributed by atoms with Crippen LogP contribution in [-0.4, -0.2) is 41.7 Å². The van der Waals surface area contributed by atoms with E-state index >= 15 is 0 Å². The molecule has 160 valence electrons.